The highest BCUT2D eigenvalue weighted by Gasteiger charge is 2.23. The number of aliphatic imine (C=N–C) groups is 1. The summed E-state index contributed by atoms with van der Waals surface area (Å²) in [5.74, 6) is 2.47. The fourth-order valence-electron chi connectivity index (χ4n) is 3.91. The number of hydrogen-bond acceptors (Lipinski definition) is 5. The van der Waals surface area contributed by atoms with E-state index in [1.54, 1.807) is 0 Å². The summed E-state index contributed by atoms with van der Waals surface area (Å²) in [6, 6.07) is 0.517. The molecule has 0 spiro atoms. The van der Waals surface area contributed by atoms with Gasteiger partial charge in [-0.05, 0) is 45.7 Å². The Morgan fingerprint density at radius 1 is 1.17 bits per heavy atom. The Kier molecular flexibility index (Phi) is 9.60. The number of aromatic nitrogens is 3. The molecule has 2 N–H and O–H groups in total. The number of aryl methyl sites for hydroxylation is 1. The summed E-state index contributed by atoms with van der Waals surface area (Å²) in [4.78, 5) is 21.5. The molecule has 10 heteroatoms. The minimum absolute atomic E-state index is 0. The van der Waals surface area contributed by atoms with Gasteiger partial charge in [0.05, 0.1) is 6.54 Å². The number of likely N-dealkylation sites (N-methyl/N-ethyl adjacent to an activating group) is 1. The van der Waals surface area contributed by atoms with Gasteiger partial charge in [0.2, 0.25) is 5.91 Å². The number of halogens is 1. The van der Waals surface area contributed by atoms with E-state index in [-0.39, 0.29) is 36.4 Å². The molecule has 3 heterocycles. The minimum atomic E-state index is 0. The van der Waals surface area contributed by atoms with Crippen LogP contribution in [0.1, 0.15) is 44.3 Å². The van der Waals surface area contributed by atoms with Crippen molar-refractivity contribution < 1.29 is 4.79 Å². The van der Waals surface area contributed by atoms with Gasteiger partial charge in [0.25, 0.3) is 0 Å². The third-order valence-electron chi connectivity index (χ3n) is 5.84. The lowest BCUT2D eigenvalue weighted by Gasteiger charge is -2.24. The van der Waals surface area contributed by atoms with E-state index in [1.165, 1.54) is 12.8 Å². The first kappa shape index (κ1) is 23.8. The Morgan fingerprint density at radius 2 is 1.93 bits per heavy atom. The minimum Gasteiger partial charge on any atom is -0.355 e. The summed E-state index contributed by atoms with van der Waals surface area (Å²) >= 11 is 0. The van der Waals surface area contributed by atoms with Crippen molar-refractivity contribution in [3.8, 4) is 0 Å². The second-order valence-electron chi connectivity index (χ2n) is 7.63. The van der Waals surface area contributed by atoms with Crippen LogP contribution < -0.4 is 10.6 Å². The zero-order valence-electron chi connectivity index (χ0n) is 17.9. The van der Waals surface area contributed by atoms with Crippen molar-refractivity contribution in [2.75, 3.05) is 39.3 Å². The highest BCUT2D eigenvalue weighted by atomic mass is 127. The van der Waals surface area contributed by atoms with E-state index in [1.807, 2.05) is 23.4 Å². The molecule has 29 heavy (non-hydrogen) atoms. The number of guanidine groups is 1. The van der Waals surface area contributed by atoms with Crippen LogP contribution >= 0.6 is 24.0 Å². The van der Waals surface area contributed by atoms with Crippen LogP contribution in [0.25, 0.3) is 0 Å². The summed E-state index contributed by atoms with van der Waals surface area (Å²) < 4.78 is 1.94. The normalized spacial score (nSPS) is 20.0. The van der Waals surface area contributed by atoms with Crippen LogP contribution in [0.3, 0.4) is 0 Å². The number of hydrogen-bond donors (Lipinski definition) is 2. The van der Waals surface area contributed by atoms with Crippen LogP contribution in [0.2, 0.25) is 0 Å². The largest absolute Gasteiger partial charge is 0.355 e. The SMILES string of the molecule is CCN1CCCC1CNC(=NCc1nnc(C)n1C)NCC(=O)N1CCCC1.I. The summed E-state index contributed by atoms with van der Waals surface area (Å²) in [5.41, 5.74) is 0. The molecule has 2 aliphatic rings. The Bertz CT molecular complexity index is 686. The highest BCUT2D eigenvalue weighted by Crippen LogP contribution is 2.15. The van der Waals surface area contributed by atoms with Crippen LogP contribution in [-0.2, 0) is 18.4 Å². The fourth-order valence-corrected chi connectivity index (χ4v) is 3.91. The van der Waals surface area contributed by atoms with E-state index in [4.69, 9.17) is 0 Å². The maximum atomic E-state index is 12.4. The van der Waals surface area contributed by atoms with Crippen molar-refractivity contribution in [3.05, 3.63) is 11.6 Å². The van der Waals surface area contributed by atoms with Crippen molar-refractivity contribution >= 4 is 35.8 Å². The highest BCUT2D eigenvalue weighted by molar-refractivity contribution is 14.0. The zero-order valence-corrected chi connectivity index (χ0v) is 20.2. The van der Waals surface area contributed by atoms with Gasteiger partial charge in [-0.3, -0.25) is 9.69 Å². The predicted molar refractivity (Wildman–Crippen MR) is 124 cm³/mol. The predicted octanol–water partition coefficient (Wildman–Crippen LogP) is 0.883. The monoisotopic (exact) mass is 518 g/mol. The molecule has 0 aliphatic carbocycles. The average molecular weight is 518 g/mol. The van der Waals surface area contributed by atoms with Crippen molar-refractivity contribution in [1.82, 2.24) is 35.2 Å². The van der Waals surface area contributed by atoms with Crippen molar-refractivity contribution in [3.63, 3.8) is 0 Å². The Hall–Kier alpha value is -1.43. The molecule has 3 rings (SSSR count). The third kappa shape index (κ3) is 6.53. The zero-order chi connectivity index (χ0) is 19.9. The molecule has 2 aliphatic heterocycles. The molecule has 1 atom stereocenters. The average Bonchev–Trinajstić information content (AvgIpc) is 3.44. The Morgan fingerprint density at radius 3 is 2.59 bits per heavy atom. The van der Waals surface area contributed by atoms with E-state index in [0.717, 1.165) is 57.2 Å². The number of amides is 1. The molecule has 1 amide bonds. The number of nitrogens with one attached hydrogen (secondary N) is 2. The molecule has 1 aromatic rings. The van der Waals surface area contributed by atoms with Crippen molar-refractivity contribution in [1.29, 1.82) is 0 Å². The molecular formula is C19H35IN8O. The number of carbonyl (C=O) groups excluding carboxylic acids is 1. The van der Waals surface area contributed by atoms with Gasteiger partial charge in [0, 0.05) is 32.7 Å². The van der Waals surface area contributed by atoms with E-state index in [2.05, 4.69) is 37.6 Å². The van der Waals surface area contributed by atoms with Crippen LogP contribution in [0, 0.1) is 6.92 Å². The van der Waals surface area contributed by atoms with Gasteiger partial charge in [0.15, 0.2) is 11.8 Å². The van der Waals surface area contributed by atoms with Gasteiger partial charge < -0.3 is 20.1 Å². The van der Waals surface area contributed by atoms with E-state index >= 15 is 0 Å². The molecule has 1 aromatic heterocycles. The van der Waals surface area contributed by atoms with Crippen LogP contribution in [0.15, 0.2) is 4.99 Å². The van der Waals surface area contributed by atoms with Gasteiger partial charge in [-0.1, -0.05) is 6.92 Å². The summed E-state index contributed by atoms with van der Waals surface area (Å²) in [6.45, 7) is 9.61. The lowest BCUT2D eigenvalue weighted by atomic mass is 10.2. The molecule has 0 radical (unpaired) electrons. The van der Waals surface area contributed by atoms with Crippen LogP contribution in [0.5, 0.6) is 0 Å². The van der Waals surface area contributed by atoms with Gasteiger partial charge in [-0.2, -0.15) is 0 Å². The molecule has 164 valence electrons. The second-order valence-corrected chi connectivity index (χ2v) is 7.63. The molecular weight excluding hydrogens is 483 g/mol. The number of rotatable bonds is 7. The summed E-state index contributed by atoms with van der Waals surface area (Å²) in [6.07, 6.45) is 4.64. The first-order valence-electron chi connectivity index (χ1n) is 10.5. The van der Waals surface area contributed by atoms with Gasteiger partial charge in [-0.25, -0.2) is 4.99 Å². The van der Waals surface area contributed by atoms with Crippen molar-refractivity contribution in [2.24, 2.45) is 12.0 Å². The Balaban J connectivity index is 0.00000300. The third-order valence-corrected chi connectivity index (χ3v) is 5.84. The van der Waals surface area contributed by atoms with Gasteiger partial charge >= 0.3 is 0 Å². The van der Waals surface area contributed by atoms with E-state index in [0.29, 0.717) is 18.5 Å². The quantitative estimate of drug-likeness (QED) is 0.317. The van der Waals surface area contributed by atoms with E-state index < -0.39 is 0 Å². The molecule has 0 saturated carbocycles. The number of likely N-dealkylation sites (tertiary alicyclic amines) is 2. The standard InChI is InChI=1S/C19H34N8O.HI/c1-4-26-11-7-8-16(26)12-20-19(21-13-17-24-23-15(2)25(17)3)22-14-18(28)27-9-5-6-10-27;/h16H,4-14H2,1-3H3,(H2,20,21,22);1H. The summed E-state index contributed by atoms with van der Waals surface area (Å²) in [7, 11) is 1.94. The molecule has 1 unspecified atom stereocenters. The lowest BCUT2D eigenvalue weighted by molar-refractivity contribution is -0.128. The topological polar surface area (TPSA) is 90.7 Å². The van der Waals surface area contributed by atoms with Gasteiger partial charge in [0.1, 0.15) is 12.4 Å². The van der Waals surface area contributed by atoms with Gasteiger partial charge in [-0.15, -0.1) is 34.2 Å². The molecule has 0 aromatic carbocycles. The molecule has 2 fully saturated rings. The Labute approximate surface area is 190 Å². The van der Waals surface area contributed by atoms with Crippen LogP contribution in [-0.4, -0.2) is 81.7 Å². The number of nitrogens with zero attached hydrogens (tertiary/aromatic N) is 6. The maximum absolute atomic E-state index is 12.4. The molecule has 9 nitrogen and oxygen atoms in total. The molecule has 0 bridgehead atoms. The molecule has 2 saturated heterocycles. The maximum Gasteiger partial charge on any atom is 0.241 e. The number of carbonyl (C=O) groups is 1. The lowest BCUT2D eigenvalue weighted by Crippen LogP contribution is -2.47. The van der Waals surface area contributed by atoms with Crippen LogP contribution in [0.4, 0.5) is 0 Å². The fraction of sp³-hybridized carbons (Fsp3) is 0.789. The second kappa shape index (κ2) is 11.7. The first-order chi connectivity index (χ1) is 13.6. The smallest absolute Gasteiger partial charge is 0.241 e. The first-order valence-corrected chi connectivity index (χ1v) is 10.5. The summed E-state index contributed by atoms with van der Waals surface area (Å²) in [5, 5.41) is 14.9. The van der Waals surface area contributed by atoms with Crippen molar-refractivity contribution in [2.45, 2.75) is 52.1 Å². The van der Waals surface area contributed by atoms with E-state index in [9.17, 15) is 4.79 Å².